The predicted octanol–water partition coefficient (Wildman–Crippen LogP) is 3.56. The molecule has 30 heavy (non-hydrogen) atoms. The van der Waals surface area contributed by atoms with E-state index in [2.05, 4.69) is 4.98 Å². The Balaban J connectivity index is 1.89. The fourth-order valence-corrected chi connectivity index (χ4v) is 3.54. The molecule has 0 N–H and O–H groups in total. The molecule has 4 rings (SSSR count). The minimum Gasteiger partial charge on any atom is -0.317 e. The molecule has 0 radical (unpaired) electrons. The van der Waals surface area contributed by atoms with Crippen molar-refractivity contribution in [2.75, 3.05) is 0 Å². The average Bonchev–Trinajstić information content (AvgIpc) is 3.13. The van der Waals surface area contributed by atoms with Crippen molar-refractivity contribution < 1.29 is 4.79 Å². The lowest BCUT2D eigenvalue weighted by Crippen LogP contribution is -2.39. The first-order valence-electron chi connectivity index (χ1n) is 9.16. The molecule has 0 saturated carbocycles. The van der Waals surface area contributed by atoms with E-state index < -0.39 is 11.2 Å². The van der Waals surface area contributed by atoms with Gasteiger partial charge in [-0.25, -0.2) is 14.3 Å². The first kappa shape index (κ1) is 20.1. The lowest BCUT2D eigenvalue weighted by Gasteiger charge is -2.11. The lowest BCUT2D eigenvalue weighted by molar-refractivity contribution is 0.0973. The lowest BCUT2D eigenvalue weighted by atomic mass is 10.1. The Bertz CT molecular complexity index is 1370. The third-order valence-corrected chi connectivity index (χ3v) is 5.29. The summed E-state index contributed by atoms with van der Waals surface area (Å²) in [5.41, 5.74) is 0.333. The standard InChI is InChI=1S/C21H16Cl2N4O3/c1-2-26-20(29)18-19(27(21(26)30)16-9-7-15(23)8-10-16)24-12-25(18)11-17(28)13-3-5-14(22)6-4-13/h3-10,12H,2,11H2,1H3. The van der Waals surface area contributed by atoms with Gasteiger partial charge in [0.2, 0.25) is 0 Å². The van der Waals surface area contributed by atoms with E-state index in [4.69, 9.17) is 23.2 Å². The summed E-state index contributed by atoms with van der Waals surface area (Å²) >= 11 is 11.8. The number of halogens is 2. The molecular formula is C21H16Cl2N4O3. The third kappa shape index (κ3) is 3.46. The minimum atomic E-state index is -0.508. The fraction of sp³-hybridized carbons (Fsp3) is 0.143. The summed E-state index contributed by atoms with van der Waals surface area (Å²) in [6.45, 7) is 1.79. The van der Waals surface area contributed by atoms with Crippen LogP contribution in [-0.4, -0.2) is 24.5 Å². The van der Waals surface area contributed by atoms with Gasteiger partial charge in [-0.1, -0.05) is 23.2 Å². The Morgan fingerprint density at radius 1 is 0.967 bits per heavy atom. The molecule has 152 valence electrons. The second-order valence-electron chi connectivity index (χ2n) is 6.62. The molecule has 2 aromatic heterocycles. The van der Waals surface area contributed by atoms with Crippen LogP contribution < -0.4 is 11.2 Å². The summed E-state index contributed by atoms with van der Waals surface area (Å²) < 4.78 is 3.92. The minimum absolute atomic E-state index is 0.101. The second kappa shape index (κ2) is 7.93. The molecule has 2 aromatic carbocycles. The number of ketones is 1. The van der Waals surface area contributed by atoms with Crippen LogP contribution in [0.4, 0.5) is 0 Å². The zero-order valence-electron chi connectivity index (χ0n) is 15.9. The second-order valence-corrected chi connectivity index (χ2v) is 7.49. The number of carbonyl (C=O) groups excluding carboxylic acids is 1. The normalized spacial score (nSPS) is 11.2. The summed E-state index contributed by atoms with van der Waals surface area (Å²) in [5.74, 6) is -0.211. The van der Waals surface area contributed by atoms with Crippen LogP contribution in [-0.2, 0) is 13.1 Å². The van der Waals surface area contributed by atoms with Gasteiger partial charge < -0.3 is 4.57 Å². The highest BCUT2D eigenvalue weighted by Crippen LogP contribution is 2.17. The Kier molecular flexibility index (Phi) is 5.32. The Morgan fingerprint density at radius 3 is 2.17 bits per heavy atom. The van der Waals surface area contributed by atoms with Gasteiger partial charge in [0.1, 0.15) is 0 Å². The van der Waals surface area contributed by atoms with Crippen LogP contribution in [0, 0.1) is 0 Å². The molecule has 0 unspecified atom stereocenters. The molecule has 0 saturated heterocycles. The van der Waals surface area contributed by atoms with E-state index in [0.717, 1.165) is 4.57 Å². The number of imidazole rings is 1. The predicted molar refractivity (Wildman–Crippen MR) is 116 cm³/mol. The van der Waals surface area contributed by atoms with E-state index in [9.17, 15) is 14.4 Å². The molecule has 0 spiro atoms. The van der Waals surface area contributed by atoms with Gasteiger partial charge in [0.25, 0.3) is 5.56 Å². The number of Topliss-reactive ketones (excluding diaryl/α,β-unsaturated/α-hetero) is 1. The molecule has 9 heteroatoms. The van der Waals surface area contributed by atoms with Crippen LogP contribution in [0.25, 0.3) is 16.9 Å². The smallest absolute Gasteiger partial charge is 0.317 e. The maximum Gasteiger partial charge on any atom is 0.337 e. The summed E-state index contributed by atoms with van der Waals surface area (Å²) in [4.78, 5) is 43.0. The first-order chi connectivity index (χ1) is 14.4. The van der Waals surface area contributed by atoms with Crippen molar-refractivity contribution >= 4 is 40.1 Å². The van der Waals surface area contributed by atoms with Crippen molar-refractivity contribution in [3.05, 3.63) is 91.3 Å². The van der Waals surface area contributed by atoms with Crippen LogP contribution in [0.3, 0.4) is 0 Å². The molecule has 0 amide bonds. The molecule has 4 aromatic rings. The third-order valence-electron chi connectivity index (χ3n) is 4.78. The molecule has 0 fully saturated rings. The van der Waals surface area contributed by atoms with E-state index in [-0.39, 0.29) is 30.0 Å². The van der Waals surface area contributed by atoms with Crippen LogP contribution in [0.5, 0.6) is 0 Å². The quantitative estimate of drug-likeness (QED) is 0.442. The maximum absolute atomic E-state index is 13.0. The van der Waals surface area contributed by atoms with Gasteiger partial charge in [-0.05, 0) is 55.5 Å². The zero-order valence-corrected chi connectivity index (χ0v) is 17.4. The highest BCUT2D eigenvalue weighted by Gasteiger charge is 2.20. The monoisotopic (exact) mass is 442 g/mol. The average molecular weight is 443 g/mol. The van der Waals surface area contributed by atoms with Crippen molar-refractivity contribution in [2.45, 2.75) is 20.0 Å². The Hall–Kier alpha value is -3.16. The first-order valence-corrected chi connectivity index (χ1v) is 9.91. The van der Waals surface area contributed by atoms with E-state index in [0.29, 0.717) is 21.3 Å². The molecule has 2 heterocycles. The number of aromatic nitrogens is 4. The van der Waals surface area contributed by atoms with Crippen molar-refractivity contribution in [2.24, 2.45) is 0 Å². The summed E-state index contributed by atoms with van der Waals surface area (Å²) in [6.07, 6.45) is 1.39. The Labute approximate surface area is 180 Å². The molecule has 0 aliphatic rings. The number of carbonyl (C=O) groups is 1. The fourth-order valence-electron chi connectivity index (χ4n) is 3.28. The summed E-state index contributed by atoms with van der Waals surface area (Å²) in [7, 11) is 0. The van der Waals surface area contributed by atoms with Gasteiger partial charge in [0, 0.05) is 22.2 Å². The number of fused-ring (bicyclic) bond motifs is 1. The van der Waals surface area contributed by atoms with E-state index in [1.807, 2.05) is 0 Å². The number of nitrogens with zero attached hydrogens (tertiary/aromatic N) is 4. The van der Waals surface area contributed by atoms with Gasteiger partial charge in [-0.15, -0.1) is 0 Å². The molecule has 0 aliphatic heterocycles. The van der Waals surface area contributed by atoms with Gasteiger partial charge >= 0.3 is 5.69 Å². The van der Waals surface area contributed by atoms with Gasteiger partial charge in [-0.2, -0.15) is 0 Å². The Morgan fingerprint density at radius 2 is 1.57 bits per heavy atom. The number of rotatable bonds is 5. The van der Waals surface area contributed by atoms with Crippen LogP contribution >= 0.6 is 23.2 Å². The maximum atomic E-state index is 13.0. The van der Waals surface area contributed by atoms with E-state index in [1.54, 1.807) is 55.5 Å². The van der Waals surface area contributed by atoms with Crippen LogP contribution in [0.1, 0.15) is 17.3 Å². The largest absolute Gasteiger partial charge is 0.337 e. The zero-order chi connectivity index (χ0) is 21.4. The van der Waals surface area contributed by atoms with Gasteiger partial charge in [-0.3, -0.25) is 14.2 Å². The van der Waals surface area contributed by atoms with Crippen molar-refractivity contribution in [3.8, 4) is 5.69 Å². The van der Waals surface area contributed by atoms with Crippen LogP contribution in [0.2, 0.25) is 10.0 Å². The highest BCUT2D eigenvalue weighted by atomic mass is 35.5. The summed E-state index contributed by atoms with van der Waals surface area (Å²) in [6, 6.07) is 13.1. The molecule has 7 nitrogen and oxygen atoms in total. The number of benzene rings is 2. The molecular weight excluding hydrogens is 427 g/mol. The van der Waals surface area contributed by atoms with Crippen molar-refractivity contribution in [1.29, 1.82) is 0 Å². The van der Waals surface area contributed by atoms with Gasteiger partial charge in [0.15, 0.2) is 16.9 Å². The molecule has 0 aliphatic carbocycles. The van der Waals surface area contributed by atoms with Crippen LogP contribution in [0.15, 0.2) is 64.4 Å². The molecule has 0 bridgehead atoms. The molecule has 0 atom stereocenters. The van der Waals surface area contributed by atoms with Gasteiger partial charge in [0.05, 0.1) is 18.6 Å². The van der Waals surface area contributed by atoms with Crippen molar-refractivity contribution in [3.63, 3.8) is 0 Å². The van der Waals surface area contributed by atoms with E-state index >= 15 is 0 Å². The number of hydrogen-bond acceptors (Lipinski definition) is 4. The van der Waals surface area contributed by atoms with E-state index in [1.165, 1.54) is 15.5 Å². The highest BCUT2D eigenvalue weighted by molar-refractivity contribution is 6.30. The topological polar surface area (TPSA) is 78.9 Å². The SMILES string of the molecule is CCn1c(=O)c2c(ncn2CC(=O)c2ccc(Cl)cc2)n(-c2ccc(Cl)cc2)c1=O. The van der Waals surface area contributed by atoms with Crippen molar-refractivity contribution in [1.82, 2.24) is 18.7 Å². The summed E-state index contributed by atoms with van der Waals surface area (Å²) in [5, 5.41) is 1.04. The number of hydrogen-bond donors (Lipinski definition) is 0.